The molecule has 0 radical (unpaired) electrons. The Kier molecular flexibility index (Phi) is 3.78. The summed E-state index contributed by atoms with van der Waals surface area (Å²) in [5, 5.41) is 2.17. The van der Waals surface area contributed by atoms with Gasteiger partial charge in [-0.1, -0.05) is 42.5 Å². The molecule has 0 saturated carbocycles. The Hall–Kier alpha value is -3.92. The SMILES string of the molecule is Cc1ccccc1-n1c(-c2c(C)ccc3c2oc2c(C)nccc23)nc2ccccc21. The molecule has 0 unspecified atom stereocenters. The van der Waals surface area contributed by atoms with E-state index in [1.807, 2.05) is 25.3 Å². The molecule has 6 aromatic rings. The van der Waals surface area contributed by atoms with Crippen molar-refractivity contribution in [3.8, 4) is 17.1 Å². The zero-order valence-electron chi connectivity index (χ0n) is 17.7. The first-order chi connectivity index (χ1) is 15.1. The third-order valence-corrected chi connectivity index (χ3v) is 6.08. The molecule has 150 valence electrons. The number of nitrogens with zero attached hydrogens (tertiary/aromatic N) is 3. The van der Waals surface area contributed by atoms with Gasteiger partial charge in [0.1, 0.15) is 11.4 Å². The van der Waals surface area contributed by atoms with E-state index in [0.717, 1.165) is 61.3 Å². The number of hydrogen-bond acceptors (Lipinski definition) is 3. The van der Waals surface area contributed by atoms with Gasteiger partial charge in [-0.05, 0) is 56.2 Å². The van der Waals surface area contributed by atoms with E-state index >= 15 is 0 Å². The molecule has 4 nitrogen and oxygen atoms in total. The molecule has 0 aliphatic heterocycles. The molecule has 31 heavy (non-hydrogen) atoms. The number of furan rings is 1. The first-order valence-corrected chi connectivity index (χ1v) is 10.4. The predicted molar refractivity (Wildman–Crippen MR) is 126 cm³/mol. The van der Waals surface area contributed by atoms with Crippen LogP contribution in [0.2, 0.25) is 0 Å². The van der Waals surface area contributed by atoms with Gasteiger partial charge in [-0.25, -0.2) is 4.98 Å². The summed E-state index contributed by atoms with van der Waals surface area (Å²) in [5.74, 6) is 0.892. The minimum atomic E-state index is 0.836. The van der Waals surface area contributed by atoms with Gasteiger partial charge in [0, 0.05) is 17.0 Å². The van der Waals surface area contributed by atoms with Crippen LogP contribution in [0.3, 0.4) is 0 Å². The quantitative estimate of drug-likeness (QED) is 0.315. The number of imidazole rings is 1. The van der Waals surface area contributed by atoms with Gasteiger partial charge < -0.3 is 4.42 Å². The van der Waals surface area contributed by atoms with Crippen LogP contribution < -0.4 is 0 Å². The van der Waals surface area contributed by atoms with Crippen molar-refractivity contribution >= 4 is 33.0 Å². The highest BCUT2D eigenvalue weighted by atomic mass is 16.3. The lowest BCUT2D eigenvalue weighted by Crippen LogP contribution is -2.01. The second kappa shape index (κ2) is 6.54. The smallest absolute Gasteiger partial charge is 0.156 e. The van der Waals surface area contributed by atoms with Crippen LogP contribution in [0.4, 0.5) is 0 Å². The van der Waals surface area contributed by atoms with Crippen molar-refractivity contribution in [2.45, 2.75) is 20.8 Å². The van der Waals surface area contributed by atoms with Crippen molar-refractivity contribution in [3.05, 3.63) is 89.7 Å². The van der Waals surface area contributed by atoms with Crippen LogP contribution in [0, 0.1) is 20.8 Å². The highest BCUT2D eigenvalue weighted by Crippen LogP contribution is 2.40. The average molecular weight is 403 g/mol. The van der Waals surface area contributed by atoms with Gasteiger partial charge in [-0.2, -0.15) is 0 Å². The van der Waals surface area contributed by atoms with E-state index in [4.69, 9.17) is 9.40 Å². The Balaban J connectivity index is 1.79. The summed E-state index contributed by atoms with van der Waals surface area (Å²) < 4.78 is 8.71. The number of pyridine rings is 1. The van der Waals surface area contributed by atoms with E-state index in [1.54, 1.807) is 0 Å². The summed E-state index contributed by atoms with van der Waals surface area (Å²) in [6, 6.07) is 23.0. The number of hydrogen-bond donors (Lipinski definition) is 0. The molecule has 0 fully saturated rings. The van der Waals surface area contributed by atoms with Crippen LogP contribution in [0.25, 0.3) is 50.0 Å². The molecule has 3 heterocycles. The maximum Gasteiger partial charge on any atom is 0.156 e. The standard InChI is InChI=1S/C27H21N3O/c1-16-8-4-6-10-22(16)30-23-11-7-5-9-21(23)29-27(30)24-17(2)12-13-19-20-14-15-28-18(3)25(20)31-26(19)24/h4-15H,1-3H3. The van der Waals surface area contributed by atoms with Crippen molar-refractivity contribution in [1.29, 1.82) is 0 Å². The first-order valence-electron chi connectivity index (χ1n) is 10.4. The molecule has 0 atom stereocenters. The lowest BCUT2D eigenvalue weighted by molar-refractivity contribution is 0.663. The second-order valence-electron chi connectivity index (χ2n) is 8.06. The highest BCUT2D eigenvalue weighted by Gasteiger charge is 2.22. The summed E-state index contributed by atoms with van der Waals surface area (Å²) in [7, 11) is 0. The first kappa shape index (κ1) is 17.9. The maximum atomic E-state index is 6.45. The molecule has 0 bridgehead atoms. The highest BCUT2D eigenvalue weighted by molar-refractivity contribution is 6.10. The average Bonchev–Trinajstić information content (AvgIpc) is 3.33. The minimum Gasteiger partial charge on any atom is -0.453 e. The number of benzene rings is 3. The molecule has 0 aliphatic rings. The zero-order valence-corrected chi connectivity index (χ0v) is 17.7. The van der Waals surface area contributed by atoms with E-state index in [9.17, 15) is 0 Å². The van der Waals surface area contributed by atoms with Crippen LogP contribution in [0.5, 0.6) is 0 Å². The maximum absolute atomic E-state index is 6.45. The monoisotopic (exact) mass is 403 g/mol. The zero-order chi connectivity index (χ0) is 21.1. The number of fused-ring (bicyclic) bond motifs is 4. The Labute approximate surface area is 179 Å². The Morgan fingerprint density at radius 3 is 2.39 bits per heavy atom. The van der Waals surface area contributed by atoms with Crippen molar-refractivity contribution in [2.75, 3.05) is 0 Å². The van der Waals surface area contributed by atoms with E-state index in [1.165, 1.54) is 5.56 Å². The molecule has 0 amide bonds. The molecule has 0 aliphatic carbocycles. The topological polar surface area (TPSA) is 43.9 Å². The Morgan fingerprint density at radius 1 is 0.742 bits per heavy atom. The third kappa shape index (κ3) is 2.55. The predicted octanol–water partition coefficient (Wildman–Crippen LogP) is 6.91. The van der Waals surface area contributed by atoms with Crippen molar-refractivity contribution in [1.82, 2.24) is 14.5 Å². The summed E-state index contributed by atoms with van der Waals surface area (Å²) in [4.78, 5) is 9.52. The molecule has 3 aromatic heterocycles. The largest absolute Gasteiger partial charge is 0.453 e. The van der Waals surface area contributed by atoms with Crippen molar-refractivity contribution in [2.24, 2.45) is 0 Å². The molecular weight excluding hydrogens is 382 g/mol. The van der Waals surface area contributed by atoms with Crippen LogP contribution in [0.1, 0.15) is 16.8 Å². The molecule has 0 N–H and O–H groups in total. The fraction of sp³-hybridized carbons (Fsp3) is 0.111. The van der Waals surface area contributed by atoms with Gasteiger partial charge >= 0.3 is 0 Å². The molecule has 6 rings (SSSR count). The van der Waals surface area contributed by atoms with Gasteiger partial charge in [0.15, 0.2) is 5.58 Å². The summed E-state index contributed by atoms with van der Waals surface area (Å²) in [6.07, 6.45) is 1.84. The lowest BCUT2D eigenvalue weighted by Gasteiger charge is -2.14. The van der Waals surface area contributed by atoms with Crippen molar-refractivity contribution in [3.63, 3.8) is 0 Å². The van der Waals surface area contributed by atoms with Gasteiger partial charge in [0.05, 0.1) is 28.0 Å². The van der Waals surface area contributed by atoms with E-state index in [0.29, 0.717) is 0 Å². The van der Waals surface area contributed by atoms with E-state index < -0.39 is 0 Å². The Morgan fingerprint density at radius 2 is 1.52 bits per heavy atom. The van der Waals surface area contributed by atoms with Gasteiger partial charge in [-0.15, -0.1) is 0 Å². The van der Waals surface area contributed by atoms with Crippen LogP contribution in [-0.2, 0) is 0 Å². The summed E-state index contributed by atoms with van der Waals surface area (Å²) in [6.45, 7) is 6.24. The van der Waals surface area contributed by atoms with Gasteiger partial charge in [0.25, 0.3) is 0 Å². The van der Waals surface area contributed by atoms with E-state index in [-0.39, 0.29) is 0 Å². The van der Waals surface area contributed by atoms with Gasteiger partial charge in [0.2, 0.25) is 0 Å². The lowest BCUT2D eigenvalue weighted by atomic mass is 10.0. The fourth-order valence-corrected chi connectivity index (χ4v) is 4.52. The number of aryl methyl sites for hydroxylation is 3. The van der Waals surface area contributed by atoms with Gasteiger partial charge in [-0.3, -0.25) is 9.55 Å². The molecule has 0 saturated heterocycles. The van der Waals surface area contributed by atoms with E-state index in [2.05, 4.69) is 78.0 Å². The van der Waals surface area contributed by atoms with Crippen LogP contribution in [0.15, 0.2) is 77.3 Å². The number of para-hydroxylation sites is 3. The third-order valence-electron chi connectivity index (χ3n) is 6.08. The van der Waals surface area contributed by atoms with Crippen LogP contribution in [-0.4, -0.2) is 14.5 Å². The Bertz CT molecular complexity index is 1620. The summed E-state index contributed by atoms with van der Waals surface area (Å²) in [5.41, 5.74) is 9.10. The van der Waals surface area contributed by atoms with Crippen molar-refractivity contribution < 1.29 is 4.42 Å². The fourth-order valence-electron chi connectivity index (χ4n) is 4.52. The van der Waals surface area contributed by atoms with Crippen LogP contribution >= 0.6 is 0 Å². The molecular formula is C27H21N3O. The second-order valence-corrected chi connectivity index (χ2v) is 8.06. The number of rotatable bonds is 2. The molecule has 0 spiro atoms. The normalized spacial score (nSPS) is 11.7. The minimum absolute atomic E-state index is 0.836. The molecule has 4 heteroatoms. The number of aromatic nitrogens is 3. The molecule has 3 aromatic carbocycles. The summed E-state index contributed by atoms with van der Waals surface area (Å²) >= 11 is 0.